The van der Waals surface area contributed by atoms with Crippen LogP contribution in [0.3, 0.4) is 0 Å². The van der Waals surface area contributed by atoms with Crippen molar-refractivity contribution in [3.05, 3.63) is 36.3 Å². The van der Waals surface area contributed by atoms with Gasteiger partial charge in [-0.3, -0.25) is 4.79 Å². The first kappa shape index (κ1) is 10.7. The molecule has 2 heterocycles. The number of nitrogens with zero attached hydrogens (tertiary/aromatic N) is 2. The number of carbonyl (C=O) groups is 1. The van der Waals surface area contributed by atoms with E-state index >= 15 is 0 Å². The normalized spacial score (nSPS) is 11.9. The number of rotatable bonds is 3. The molecule has 16 heavy (non-hydrogen) atoms. The van der Waals surface area contributed by atoms with Crippen LogP contribution in [0.2, 0.25) is 0 Å². The third kappa shape index (κ3) is 1.78. The maximum absolute atomic E-state index is 11.1. The maximum Gasteiger partial charge on any atom is 0.309 e. The van der Waals surface area contributed by atoms with Crippen molar-refractivity contribution in [2.75, 3.05) is 0 Å². The predicted molar refractivity (Wildman–Crippen MR) is 60.3 cm³/mol. The Kier molecular flexibility index (Phi) is 2.42. The lowest BCUT2D eigenvalue weighted by Gasteiger charge is -2.18. The van der Waals surface area contributed by atoms with Gasteiger partial charge in [0.1, 0.15) is 5.65 Å². The van der Waals surface area contributed by atoms with Crippen LogP contribution in [0.4, 0.5) is 0 Å². The molecule has 0 bridgehead atoms. The molecular weight excluding hydrogens is 204 g/mol. The predicted octanol–water partition coefficient (Wildman–Crippen LogP) is 1.99. The minimum absolute atomic E-state index is 0.466. The molecule has 0 spiro atoms. The molecule has 0 fully saturated rings. The van der Waals surface area contributed by atoms with Gasteiger partial charge >= 0.3 is 5.97 Å². The van der Waals surface area contributed by atoms with E-state index in [1.165, 1.54) is 0 Å². The van der Waals surface area contributed by atoms with Crippen molar-refractivity contribution in [2.24, 2.45) is 5.41 Å². The zero-order valence-corrected chi connectivity index (χ0v) is 9.34. The SMILES string of the molecule is CC(C)(Cc1cnc2ccccn12)C(=O)O. The molecule has 0 unspecified atom stereocenters. The van der Waals surface area contributed by atoms with E-state index < -0.39 is 11.4 Å². The average molecular weight is 218 g/mol. The van der Waals surface area contributed by atoms with Crippen molar-refractivity contribution in [2.45, 2.75) is 20.3 Å². The molecule has 0 amide bonds. The van der Waals surface area contributed by atoms with Crippen molar-refractivity contribution in [3.63, 3.8) is 0 Å². The van der Waals surface area contributed by atoms with E-state index in [9.17, 15) is 4.79 Å². The topological polar surface area (TPSA) is 54.6 Å². The molecule has 1 N–H and O–H groups in total. The summed E-state index contributed by atoms with van der Waals surface area (Å²) in [4.78, 5) is 15.3. The first-order chi connectivity index (χ1) is 7.50. The highest BCUT2D eigenvalue weighted by Crippen LogP contribution is 2.22. The van der Waals surface area contributed by atoms with Gasteiger partial charge in [0.25, 0.3) is 0 Å². The fraction of sp³-hybridized carbons (Fsp3) is 0.333. The van der Waals surface area contributed by atoms with Crippen LogP contribution < -0.4 is 0 Å². The van der Waals surface area contributed by atoms with Crippen LogP contribution in [0.15, 0.2) is 30.6 Å². The third-order valence-electron chi connectivity index (χ3n) is 2.70. The molecule has 0 aliphatic rings. The van der Waals surface area contributed by atoms with Gasteiger partial charge in [-0.25, -0.2) is 4.98 Å². The number of carboxylic acids is 1. The van der Waals surface area contributed by atoms with Crippen LogP contribution in [0, 0.1) is 5.41 Å². The van der Waals surface area contributed by atoms with Crippen molar-refractivity contribution >= 4 is 11.6 Å². The number of aromatic nitrogens is 2. The standard InChI is InChI=1S/C12H14N2O2/c1-12(2,11(15)16)7-9-8-13-10-5-3-4-6-14(9)10/h3-6,8H,7H2,1-2H3,(H,15,16). The lowest BCUT2D eigenvalue weighted by Crippen LogP contribution is -2.26. The number of carboxylic acid groups (broad SMARTS) is 1. The molecule has 0 aromatic carbocycles. The molecule has 4 heteroatoms. The minimum atomic E-state index is -0.793. The lowest BCUT2D eigenvalue weighted by atomic mass is 9.88. The summed E-state index contributed by atoms with van der Waals surface area (Å²) in [5.41, 5.74) is 0.993. The Morgan fingerprint density at radius 2 is 2.25 bits per heavy atom. The number of aliphatic carboxylic acids is 1. The van der Waals surface area contributed by atoms with Crippen LogP contribution in [0.5, 0.6) is 0 Å². The lowest BCUT2D eigenvalue weighted by molar-refractivity contribution is -0.146. The second-order valence-electron chi connectivity index (χ2n) is 4.54. The van der Waals surface area contributed by atoms with Gasteiger partial charge in [-0.2, -0.15) is 0 Å². The van der Waals surface area contributed by atoms with Gasteiger partial charge in [0, 0.05) is 24.5 Å². The van der Waals surface area contributed by atoms with Crippen LogP contribution in [0.1, 0.15) is 19.5 Å². The quantitative estimate of drug-likeness (QED) is 0.857. The van der Waals surface area contributed by atoms with Crippen LogP contribution in [-0.4, -0.2) is 20.5 Å². The smallest absolute Gasteiger partial charge is 0.309 e. The summed E-state index contributed by atoms with van der Waals surface area (Å²) in [7, 11) is 0. The molecule has 0 saturated heterocycles. The molecule has 2 rings (SSSR count). The zero-order valence-electron chi connectivity index (χ0n) is 9.34. The molecule has 4 nitrogen and oxygen atoms in total. The molecule has 2 aromatic heterocycles. The Morgan fingerprint density at radius 1 is 1.50 bits per heavy atom. The van der Waals surface area contributed by atoms with Crippen LogP contribution in [0.25, 0.3) is 5.65 Å². The van der Waals surface area contributed by atoms with Gasteiger partial charge < -0.3 is 9.51 Å². The number of hydrogen-bond donors (Lipinski definition) is 1. The van der Waals surface area contributed by atoms with Gasteiger partial charge in [0.05, 0.1) is 5.41 Å². The van der Waals surface area contributed by atoms with E-state index in [-0.39, 0.29) is 0 Å². The van der Waals surface area contributed by atoms with Gasteiger partial charge in [-0.15, -0.1) is 0 Å². The van der Waals surface area contributed by atoms with E-state index in [4.69, 9.17) is 5.11 Å². The van der Waals surface area contributed by atoms with Crippen LogP contribution >= 0.6 is 0 Å². The Labute approximate surface area is 93.5 Å². The number of hydrogen-bond acceptors (Lipinski definition) is 2. The summed E-state index contributed by atoms with van der Waals surface area (Å²) in [5.74, 6) is -0.793. The van der Waals surface area contributed by atoms with E-state index in [0.29, 0.717) is 6.42 Å². The Hall–Kier alpha value is -1.84. The summed E-state index contributed by atoms with van der Waals surface area (Å²) < 4.78 is 1.92. The number of pyridine rings is 1. The summed E-state index contributed by atoms with van der Waals surface area (Å²) in [6, 6.07) is 5.72. The summed E-state index contributed by atoms with van der Waals surface area (Å²) in [5, 5.41) is 9.08. The van der Waals surface area contributed by atoms with Gasteiger partial charge in [0.2, 0.25) is 0 Å². The first-order valence-electron chi connectivity index (χ1n) is 5.15. The van der Waals surface area contributed by atoms with Crippen molar-refractivity contribution in [1.82, 2.24) is 9.38 Å². The highest BCUT2D eigenvalue weighted by molar-refractivity contribution is 5.74. The Bertz CT molecular complexity index is 529. The zero-order chi connectivity index (χ0) is 11.8. The first-order valence-corrected chi connectivity index (χ1v) is 5.15. The van der Waals surface area contributed by atoms with Crippen molar-refractivity contribution in [3.8, 4) is 0 Å². The summed E-state index contributed by atoms with van der Waals surface area (Å²) in [6.45, 7) is 3.44. The maximum atomic E-state index is 11.1. The molecular formula is C12H14N2O2. The summed E-state index contributed by atoms with van der Waals surface area (Å²) in [6.07, 6.45) is 4.10. The van der Waals surface area contributed by atoms with Gasteiger partial charge in [-0.05, 0) is 26.0 Å². The average Bonchev–Trinajstić information content (AvgIpc) is 2.61. The highest BCUT2D eigenvalue weighted by atomic mass is 16.4. The molecule has 84 valence electrons. The molecule has 0 aliphatic heterocycles. The molecule has 2 aromatic rings. The van der Waals surface area contributed by atoms with Crippen molar-refractivity contribution in [1.29, 1.82) is 0 Å². The van der Waals surface area contributed by atoms with Gasteiger partial charge in [-0.1, -0.05) is 6.07 Å². The molecule has 0 saturated carbocycles. The van der Waals surface area contributed by atoms with Crippen molar-refractivity contribution < 1.29 is 9.90 Å². The molecule has 0 atom stereocenters. The summed E-state index contributed by atoms with van der Waals surface area (Å²) >= 11 is 0. The minimum Gasteiger partial charge on any atom is -0.481 e. The monoisotopic (exact) mass is 218 g/mol. The fourth-order valence-electron chi connectivity index (χ4n) is 1.64. The fourth-order valence-corrected chi connectivity index (χ4v) is 1.64. The highest BCUT2D eigenvalue weighted by Gasteiger charge is 2.28. The molecule has 0 aliphatic carbocycles. The Balaban J connectivity index is 2.38. The number of imidazole rings is 1. The van der Waals surface area contributed by atoms with E-state index in [1.54, 1.807) is 20.0 Å². The largest absolute Gasteiger partial charge is 0.481 e. The van der Waals surface area contributed by atoms with E-state index in [2.05, 4.69) is 4.98 Å². The third-order valence-corrected chi connectivity index (χ3v) is 2.70. The second-order valence-corrected chi connectivity index (χ2v) is 4.54. The van der Waals surface area contributed by atoms with E-state index in [1.807, 2.05) is 28.8 Å². The van der Waals surface area contributed by atoms with E-state index in [0.717, 1.165) is 11.3 Å². The van der Waals surface area contributed by atoms with Crippen LogP contribution in [-0.2, 0) is 11.2 Å². The number of fused-ring (bicyclic) bond motifs is 1. The Morgan fingerprint density at radius 3 is 2.94 bits per heavy atom. The second kappa shape index (κ2) is 3.63. The van der Waals surface area contributed by atoms with Gasteiger partial charge in [0.15, 0.2) is 0 Å². The molecule has 0 radical (unpaired) electrons.